The molecule has 0 aromatic heterocycles. The van der Waals surface area contributed by atoms with Crippen molar-refractivity contribution in [3.63, 3.8) is 0 Å². The first-order valence-corrected chi connectivity index (χ1v) is 6.61. The van der Waals surface area contributed by atoms with Crippen molar-refractivity contribution < 1.29 is 19.8 Å². The summed E-state index contributed by atoms with van der Waals surface area (Å²) in [5.74, 6) is -0.976. The number of amides is 2. The van der Waals surface area contributed by atoms with Crippen LogP contribution in [0.1, 0.15) is 29.8 Å². The van der Waals surface area contributed by atoms with E-state index in [9.17, 15) is 14.7 Å². The highest BCUT2D eigenvalue weighted by Gasteiger charge is 2.28. The molecule has 0 unspecified atom stereocenters. The maximum absolute atomic E-state index is 12.3. The number of carboxylic acid groups (broad SMARTS) is 1. The van der Waals surface area contributed by atoms with Gasteiger partial charge in [-0.2, -0.15) is 0 Å². The summed E-state index contributed by atoms with van der Waals surface area (Å²) in [7, 11) is 3.31. The fourth-order valence-electron chi connectivity index (χ4n) is 1.72. The molecule has 0 spiro atoms. The summed E-state index contributed by atoms with van der Waals surface area (Å²) in [5.41, 5.74) is 0.413. The predicted octanol–water partition coefficient (Wildman–Crippen LogP) is 1.64. The number of carbonyl (C=O) groups excluding carboxylic acids is 1. The van der Waals surface area contributed by atoms with E-state index < -0.39 is 11.5 Å². The summed E-state index contributed by atoms with van der Waals surface area (Å²) >= 11 is 0. The molecule has 1 aromatic rings. The topological polar surface area (TPSA) is 81.1 Å². The summed E-state index contributed by atoms with van der Waals surface area (Å²) in [6.07, 6.45) is 0. The van der Waals surface area contributed by atoms with Gasteiger partial charge in [0.1, 0.15) is 0 Å². The molecule has 21 heavy (non-hydrogen) atoms. The van der Waals surface area contributed by atoms with Crippen LogP contribution in [0.3, 0.4) is 0 Å². The van der Waals surface area contributed by atoms with E-state index in [2.05, 4.69) is 0 Å². The lowest BCUT2D eigenvalue weighted by Gasteiger charge is -2.36. The van der Waals surface area contributed by atoms with Gasteiger partial charge in [0.25, 0.3) is 0 Å². The maximum Gasteiger partial charge on any atom is 0.335 e. The van der Waals surface area contributed by atoms with Gasteiger partial charge < -0.3 is 20.0 Å². The van der Waals surface area contributed by atoms with Gasteiger partial charge in [-0.25, -0.2) is 9.59 Å². The average molecular weight is 294 g/mol. The number of hydrogen-bond donors (Lipinski definition) is 2. The van der Waals surface area contributed by atoms with Crippen LogP contribution in [0, 0.1) is 0 Å². The fraction of sp³-hybridized carbons (Fsp3) is 0.467. The van der Waals surface area contributed by atoms with Crippen molar-refractivity contribution >= 4 is 12.0 Å². The highest BCUT2D eigenvalue weighted by Crippen LogP contribution is 2.15. The van der Waals surface area contributed by atoms with Gasteiger partial charge in [0, 0.05) is 20.6 Å². The molecule has 0 aliphatic rings. The summed E-state index contributed by atoms with van der Waals surface area (Å²) < 4.78 is 0. The molecule has 0 saturated carbocycles. The highest BCUT2D eigenvalue weighted by molar-refractivity contribution is 5.87. The van der Waals surface area contributed by atoms with Crippen LogP contribution in [0.15, 0.2) is 24.3 Å². The van der Waals surface area contributed by atoms with E-state index in [1.54, 1.807) is 40.1 Å². The van der Waals surface area contributed by atoms with Crippen LogP contribution >= 0.6 is 0 Å². The lowest BCUT2D eigenvalue weighted by molar-refractivity contribution is 0.0696. The molecule has 0 radical (unpaired) electrons. The van der Waals surface area contributed by atoms with E-state index in [4.69, 9.17) is 5.11 Å². The van der Waals surface area contributed by atoms with Gasteiger partial charge in [0.15, 0.2) is 0 Å². The van der Waals surface area contributed by atoms with E-state index in [0.717, 1.165) is 5.56 Å². The Labute approximate surface area is 124 Å². The first-order chi connectivity index (χ1) is 9.69. The zero-order valence-electron chi connectivity index (χ0n) is 12.8. The summed E-state index contributed by atoms with van der Waals surface area (Å²) in [6.45, 7) is 3.79. The van der Waals surface area contributed by atoms with Crippen LogP contribution in [0.4, 0.5) is 4.79 Å². The minimum absolute atomic E-state index is 0.129. The van der Waals surface area contributed by atoms with Gasteiger partial charge >= 0.3 is 12.0 Å². The zero-order chi connectivity index (χ0) is 16.2. The number of rotatable bonds is 5. The van der Waals surface area contributed by atoms with Crippen molar-refractivity contribution in [2.75, 3.05) is 20.7 Å². The fourth-order valence-corrected chi connectivity index (χ4v) is 1.72. The second-order valence-corrected chi connectivity index (χ2v) is 5.67. The number of carboxylic acids is 1. The molecule has 0 aliphatic heterocycles. The summed E-state index contributed by atoms with van der Waals surface area (Å²) in [6, 6.07) is 6.18. The van der Waals surface area contributed by atoms with Crippen molar-refractivity contribution in [1.29, 1.82) is 0 Å². The first-order valence-electron chi connectivity index (χ1n) is 6.61. The number of benzene rings is 1. The van der Waals surface area contributed by atoms with E-state index >= 15 is 0 Å². The van der Waals surface area contributed by atoms with Crippen molar-refractivity contribution in [1.82, 2.24) is 9.80 Å². The van der Waals surface area contributed by atoms with Gasteiger partial charge in [-0.1, -0.05) is 12.1 Å². The van der Waals surface area contributed by atoms with Crippen LogP contribution < -0.4 is 0 Å². The average Bonchev–Trinajstić information content (AvgIpc) is 2.46. The molecule has 6 nitrogen and oxygen atoms in total. The van der Waals surface area contributed by atoms with Gasteiger partial charge in [-0.05, 0) is 31.5 Å². The molecule has 0 heterocycles. The molecule has 6 heteroatoms. The highest BCUT2D eigenvalue weighted by atomic mass is 16.4. The molecule has 0 fully saturated rings. The number of carbonyl (C=O) groups is 2. The standard InChI is InChI=1S/C15H22N2O4/c1-15(2,10-18)17(4)14(21)16(3)9-11-5-7-12(8-6-11)13(19)20/h5-8,18H,9-10H2,1-4H3,(H,19,20). The normalized spacial score (nSPS) is 11.1. The van der Waals surface area contributed by atoms with Crippen molar-refractivity contribution in [3.05, 3.63) is 35.4 Å². The predicted molar refractivity (Wildman–Crippen MR) is 79.2 cm³/mol. The van der Waals surface area contributed by atoms with Crippen LogP contribution in [-0.4, -0.2) is 58.3 Å². The van der Waals surface area contributed by atoms with Crippen molar-refractivity contribution in [2.45, 2.75) is 25.9 Å². The Hall–Kier alpha value is -2.08. The SMILES string of the molecule is CN(Cc1ccc(C(=O)O)cc1)C(=O)N(C)C(C)(C)CO. The van der Waals surface area contributed by atoms with Crippen molar-refractivity contribution in [3.8, 4) is 0 Å². The number of nitrogens with zero attached hydrogens (tertiary/aromatic N) is 2. The number of aliphatic hydroxyl groups is 1. The molecule has 0 saturated heterocycles. The van der Waals surface area contributed by atoms with E-state index in [0.29, 0.717) is 6.54 Å². The quantitative estimate of drug-likeness (QED) is 0.865. The van der Waals surface area contributed by atoms with Crippen molar-refractivity contribution in [2.24, 2.45) is 0 Å². The van der Waals surface area contributed by atoms with E-state index in [-0.39, 0.29) is 18.2 Å². The Morgan fingerprint density at radius 2 is 1.67 bits per heavy atom. The lowest BCUT2D eigenvalue weighted by Crippen LogP contribution is -2.51. The van der Waals surface area contributed by atoms with E-state index in [1.165, 1.54) is 21.9 Å². The molecule has 0 atom stereocenters. The third kappa shape index (κ3) is 4.19. The third-order valence-corrected chi connectivity index (χ3v) is 3.53. The summed E-state index contributed by atoms with van der Waals surface area (Å²) in [5, 5.41) is 18.1. The largest absolute Gasteiger partial charge is 0.478 e. The smallest absolute Gasteiger partial charge is 0.335 e. The Bertz CT molecular complexity index is 511. The Morgan fingerprint density at radius 1 is 1.14 bits per heavy atom. The number of likely N-dealkylation sites (N-methyl/N-ethyl adjacent to an activating group) is 1. The molecule has 1 rings (SSSR count). The van der Waals surface area contributed by atoms with Gasteiger partial charge in [0.2, 0.25) is 0 Å². The van der Waals surface area contributed by atoms with E-state index in [1.807, 2.05) is 0 Å². The van der Waals surface area contributed by atoms with Gasteiger partial charge in [0.05, 0.1) is 17.7 Å². The van der Waals surface area contributed by atoms with Crippen LogP contribution in [0.5, 0.6) is 0 Å². The van der Waals surface area contributed by atoms with Crippen LogP contribution in [0.2, 0.25) is 0 Å². The molecule has 116 valence electrons. The monoisotopic (exact) mass is 294 g/mol. The second kappa shape index (κ2) is 6.58. The number of aromatic carboxylic acids is 1. The Balaban J connectivity index is 2.74. The molecule has 2 amide bonds. The minimum atomic E-state index is -0.976. The van der Waals surface area contributed by atoms with Crippen LogP contribution in [0.25, 0.3) is 0 Å². The molecular weight excluding hydrogens is 272 g/mol. The summed E-state index contributed by atoms with van der Waals surface area (Å²) in [4.78, 5) is 26.1. The number of urea groups is 1. The third-order valence-electron chi connectivity index (χ3n) is 3.53. The number of aliphatic hydroxyl groups excluding tert-OH is 1. The molecule has 0 aliphatic carbocycles. The Kier molecular flexibility index (Phi) is 5.32. The molecular formula is C15H22N2O4. The molecule has 0 bridgehead atoms. The molecule has 1 aromatic carbocycles. The first kappa shape index (κ1) is 17.0. The number of hydrogen-bond acceptors (Lipinski definition) is 3. The minimum Gasteiger partial charge on any atom is -0.478 e. The van der Waals surface area contributed by atoms with Crippen LogP contribution in [-0.2, 0) is 6.54 Å². The Morgan fingerprint density at radius 3 is 2.10 bits per heavy atom. The second-order valence-electron chi connectivity index (χ2n) is 5.67. The zero-order valence-corrected chi connectivity index (χ0v) is 12.8. The maximum atomic E-state index is 12.3. The molecule has 2 N–H and O–H groups in total. The van der Waals surface area contributed by atoms with Gasteiger partial charge in [-0.3, -0.25) is 0 Å². The lowest BCUT2D eigenvalue weighted by atomic mass is 10.1. The van der Waals surface area contributed by atoms with Gasteiger partial charge in [-0.15, -0.1) is 0 Å².